The zero-order chi connectivity index (χ0) is 20.0. The minimum Gasteiger partial charge on any atom is -0.349 e. The monoisotopic (exact) mass is 390 g/mol. The molecular formula is C21H30N2O3S. The summed E-state index contributed by atoms with van der Waals surface area (Å²) in [5.41, 5.74) is 3.14. The first-order valence-corrected chi connectivity index (χ1v) is 11.0. The summed E-state index contributed by atoms with van der Waals surface area (Å²) in [5, 5.41) is 2.43. The molecule has 148 valence electrons. The second kappa shape index (κ2) is 9.33. The lowest BCUT2D eigenvalue weighted by molar-refractivity contribution is -0.117. The molecule has 0 bridgehead atoms. The van der Waals surface area contributed by atoms with Gasteiger partial charge in [0.15, 0.2) is 0 Å². The molecule has 2 N–H and O–H groups in total. The fourth-order valence-corrected chi connectivity index (χ4v) is 4.08. The maximum Gasteiger partial charge on any atom is 0.251 e. The SMILES string of the molecule is C=C/C=C1/CC(C)C/C1=C/CNC(=O)C1=CCC(NS(=O)(=O)C(C)C)C=C1. The van der Waals surface area contributed by atoms with Crippen LogP contribution in [0.2, 0.25) is 0 Å². The first-order valence-electron chi connectivity index (χ1n) is 9.41. The fourth-order valence-electron chi connectivity index (χ4n) is 3.21. The Kier molecular flexibility index (Phi) is 7.39. The van der Waals surface area contributed by atoms with Crippen molar-refractivity contribution >= 4 is 15.9 Å². The molecule has 0 spiro atoms. The van der Waals surface area contributed by atoms with Gasteiger partial charge in [-0.05, 0) is 50.2 Å². The van der Waals surface area contributed by atoms with E-state index in [1.807, 2.05) is 6.08 Å². The van der Waals surface area contributed by atoms with Crippen LogP contribution in [0, 0.1) is 5.92 Å². The lowest BCUT2D eigenvalue weighted by atomic mass is 10.0. The largest absolute Gasteiger partial charge is 0.349 e. The second-order valence-electron chi connectivity index (χ2n) is 7.45. The number of sulfonamides is 1. The van der Waals surface area contributed by atoms with Crippen LogP contribution >= 0.6 is 0 Å². The number of carbonyl (C=O) groups is 1. The molecule has 0 aromatic heterocycles. The zero-order valence-corrected chi connectivity index (χ0v) is 17.2. The average molecular weight is 391 g/mol. The molecule has 0 aliphatic heterocycles. The first kappa shape index (κ1) is 21.4. The second-order valence-corrected chi connectivity index (χ2v) is 9.72. The van der Waals surface area contributed by atoms with Crippen LogP contribution in [0.25, 0.3) is 0 Å². The molecule has 5 nitrogen and oxygen atoms in total. The van der Waals surface area contributed by atoms with E-state index in [1.165, 1.54) is 11.1 Å². The van der Waals surface area contributed by atoms with Crippen LogP contribution in [0.15, 0.2) is 59.8 Å². The highest BCUT2D eigenvalue weighted by molar-refractivity contribution is 7.90. The topological polar surface area (TPSA) is 75.3 Å². The Hall–Kier alpha value is -1.92. The van der Waals surface area contributed by atoms with Crippen molar-refractivity contribution < 1.29 is 13.2 Å². The fraction of sp³-hybridized carbons (Fsp3) is 0.476. The molecular weight excluding hydrogens is 360 g/mol. The van der Waals surface area contributed by atoms with Crippen LogP contribution in [0.4, 0.5) is 0 Å². The molecule has 2 atom stereocenters. The number of allylic oxidation sites excluding steroid dienone is 4. The number of rotatable bonds is 7. The van der Waals surface area contributed by atoms with Gasteiger partial charge >= 0.3 is 0 Å². The number of nitrogens with one attached hydrogen (secondary N) is 2. The molecule has 0 saturated heterocycles. The molecule has 27 heavy (non-hydrogen) atoms. The summed E-state index contributed by atoms with van der Waals surface area (Å²) in [6, 6.07) is -0.303. The summed E-state index contributed by atoms with van der Waals surface area (Å²) in [6.45, 7) is 9.73. The number of hydrogen-bond acceptors (Lipinski definition) is 3. The van der Waals surface area contributed by atoms with Gasteiger partial charge in [0.05, 0.1) is 5.25 Å². The van der Waals surface area contributed by atoms with E-state index < -0.39 is 15.3 Å². The third kappa shape index (κ3) is 6.04. The molecule has 1 saturated carbocycles. The first-order chi connectivity index (χ1) is 12.7. The van der Waals surface area contributed by atoms with Crippen molar-refractivity contribution in [2.75, 3.05) is 6.54 Å². The number of hydrogen-bond donors (Lipinski definition) is 2. The quantitative estimate of drug-likeness (QED) is 0.701. The minimum absolute atomic E-state index is 0.145. The summed E-state index contributed by atoms with van der Waals surface area (Å²) in [4.78, 5) is 12.3. The van der Waals surface area contributed by atoms with Crippen LogP contribution in [0.3, 0.4) is 0 Å². The van der Waals surface area contributed by atoms with Crippen LogP contribution in [-0.2, 0) is 14.8 Å². The third-order valence-electron chi connectivity index (χ3n) is 4.78. The van der Waals surface area contributed by atoms with E-state index in [4.69, 9.17) is 0 Å². The van der Waals surface area contributed by atoms with Gasteiger partial charge in [-0.3, -0.25) is 4.79 Å². The molecule has 2 aliphatic rings. The van der Waals surface area contributed by atoms with Crippen LogP contribution in [0.5, 0.6) is 0 Å². The standard InChI is InChI=1S/C21H30N2O3S/c1-5-6-18-13-16(4)14-19(18)11-12-22-21(24)17-7-9-20(10-8-17)23-27(25,26)15(2)3/h5-9,11,15-16,20,23H,1,10,12-14H2,2-4H3,(H,22,24)/b18-6-,19-11-. The third-order valence-corrected chi connectivity index (χ3v) is 6.65. The van der Waals surface area contributed by atoms with Crippen molar-refractivity contribution in [2.45, 2.75) is 51.3 Å². The normalized spacial score (nSPS) is 25.9. The summed E-state index contributed by atoms with van der Waals surface area (Å²) in [6.07, 6.45) is 13.7. The molecule has 1 amide bonds. The Bertz CT molecular complexity index is 801. The van der Waals surface area contributed by atoms with E-state index in [0.29, 0.717) is 24.5 Å². The maximum atomic E-state index is 12.3. The summed E-state index contributed by atoms with van der Waals surface area (Å²) < 4.78 is 26.5. The lowest BCUT2D eigenvalue weighted by Gasteiger charge is -2.19. The van der Waals surface area contributed by atoms with Gasteiger partial charge < -0.3 is 5.32 Å². The molecule has 2 aliphatic carbocycles. The predicted molar refractivity (Wildman–Crippen MR) is 111 cm³/mol. The van der Waals surface area contributed by atoms with Gasteiger partial charge in [0.1, 0.15) is 0 Å². The number of amides is 1. The van der Waals surface area contributed by atoms with E-state index in [0.717, 1.165) is 12.8 Å². The van der Waals surface area contributed by atoms with Gasteiger partial charge in [-0.15, -0.1) is 0 Å². The minimum atomic E-state index is -3.32. The Morgan fingerprint density at radius 3 is 2.63 bits per heavy atom. The van der Waals surface area contributed by atoms with Gasteiger partial charge in [-0.1, -0.05) is 50.0 Å². The Morgan fingerprint density at radius 2 is 2.04 bits per heavy atom. The predicted octanol–water partition coefficient (Wildman–Crippen LogP) is 3.15. The van der Waals surface area contributed by atoms with Crippen molar-refractivity contribution in [3.05, 3.63) is 59.8 Å². The highest BCUT2D eigenvalue weighted by atomic mass is 32.2. The molecule has 0 aromatic rings. The van der Waals surface area contributed by atoms with Gasteiger partial charge in [-0.25, -0.2) is 13.1 Å². The van der Waals surface area contributed by atoms with Gasteiger partial charge in [-0.2, -0.15) is 0 Å². The van der Waals surface area contributed by atoms with Gasteiger partial charge in [0, 0.05) is 18.2 Å². The summed E-state index contributed by atoms with van der Waals surface area (Å²) in [7, 11) is -3.32. The van der Waals surface area contributed by atoms with E-state index >= 15 is 0 Å². The molecule has 2 unspecified atom stereocenters. The van der Waals surface area contributed by atoms with Crippen molar-refractivity contribution in [1.82, 2.24) is 10.0 Å². The van der Waals surface area contributed by atoms with E-state index in [-0.39, 0.29) is 11.9 Å². The Labute approximate surface area is 163 Å². The smallest absolute Gasteiger partial charge is 0.251 e. The molecule has 1 fully saturated rings. The van der Waals surface area contributed by atoms with Crippen molar-refractivity contribution in [3.63, 3.8) is 0 Å². The Balaban J connectivity index is 1.87. The van der Waals surface area contributed by atoms with E-state index in [1.54, 1.807) is 38.2 Å². The molecule has 0 heterocycles. The van der Waals surface area contributed by atoms with Crippen molar-refractivity contribution in [3.8, 4) is 0 Å². The van der Waals surface area contributed by atoms with Crippen LogP contribution in [0.1, 0.15) is 40.0 Å². The zero-order valence-electron chi connectivity index (χ0n) is 16.4. The highest BCUT2D eigenvalue weighted by Crippen LogP contribution is 2.34. The highest BCUT2D eigenvalue weighted by Gasteiger charge is 2.22. The molecule has 0 aromatic carbocycles. The number of carbonyl (C=O) groups excluding carboxylic acids is 1. The maximum absolute atomic E-state index is 12.3. The van der Waals surface area contributed by atoms with E-state index in [2.05, 4.69) is 29.6 Å². The van der Waals surface area contributed by atoms with Crippen LogP contribution in [-0.4, -0.2) is 32.2 Å². The Morgan fingerprint density at radius 1 is 1.33 bits per heavy atom. The van der Waals surface area contributed by atoms with Gasteiger partial charge in [0.25, 0.3) is 5.91 Å². The summed E-state index contributed by atoms with van der Waals surface area (Å²) in [5.74, 6) is 0.474. The lowest BCUT2D eigenvalue weighted by Crippen LogP contribution is -2.38. The summed E-state index contributed by atoms with van der Waals surface area (Å²) >= 11 is 0. The molecule has 2 rings (SSSR count). The van der Waals surface area contributed by atoms with Crippen LogP contribution < -0.4 is 10.0 Å². The molecule has 6 heteroatoms. The van der Waals surface area contributed by atoms with Crippen molar-refractivity contribution in [1.29, 1.82) is 0 Å². The van der Waals surface area contributed by atoms with E-state index in [9.17, 15) is 13.2 Å². The average Bonchev–Trinajstić information content (AvgIpc) is 2.95. The van der Waals surface area contributed by atoms with Crippen molar-refractivity contribution in [2.24, 2.45) is 5.92 Å². The molecule has 0 radical (unpaired) electrons. The van der Waals surface area contributed by atoms with Gasteiger partial charge in [0.2, 0.25) is 10.0 Å².